The standard InChI is InChI=1S/C17H17ClN2O/c18-16-9-13(12-3-1-2-4-14(12)19-16)17(21)20-15-8-10-5-6-11(15)7-10/h1-4,9-11,15H,5-8H2,(H,20,21). The number of nitrogens with zero attached hydrogens (tertiary/aromatic N) is 1. The van der Waals surface area contributed by atoms with Crippen LogP contribution < -0.4 is 5.32 Å². The SMILES string of the molecule is O=C(NC1CC2CCC1C2)c1cc(Cl)nc2ccccc12. The number of benzene rings is 1. The minimum absolute atomic E-state index is 0.0203. The number of fused-ring (bicyclic) bond motifs is 3. The van der Waals surface area contributed by atoms with E-state index in [1.807, 2.05) is 24.3 Å². The van der Waals surface area contributed by atoms with Gasteiger partial charge in [-0.3, -0.25) is 4.79 Å². The highest BCUT2D eigenvalue weighted by Crippen LogP contribution is 2.44. The topological polar surface area (TPSA) is 42.0 Å². The second-order valence-corrected chi connectivity index (χ2v) is 6.65. The van der Waals surface area contributed by atoms with Crippen molar-refractivity contribution in [1.82, 2.24) is 10.3 Å². The second-order valence-electron chi connectivity index (χ2n) is 6.26. The molecule has 0 spiro atoms. The molecule has 4 rings (SSSR count). The largest absolute Gasteiger partial charge is 0.349 e. The Kier molecular flexibility index (Phi) is 3.11. The van der Waals surface area contributed by atoms with Crippen molar-refractivity contribution in [2.45, 2.75) is 31.7 Å². The van der Waals surface area contributed by atoms with Crippen LogP contribution in [0, 0.1) is 11.8 Å². The highest BCUT2D eigenvalue weighted by molar-refractivity contribution is 6.30. The maximum absolute atomic E-state index is 12.6. The van der Waals surface area contributed by atoms with Crippen molar-refractivity contribution >= 4 is 28.4 Å². The summed E-state index contributed by atoms with van der Waals surface area (Å²) in [6, 6.07) is 9.65. The first kappa shape index (κ1) is 13.1. The summed E-state index contributed by atoms with van der Waals surface area (Å²) in [5.74, 6) is 1.47. The highest BCUT2D eigenvalue weighted by Gasteiger charge is 2.40. The molecule has 0 radical (unpaired) electrons. The van der Waals surface area contributed by atoms with Crippen molar-refractivity contribution in [3.8, 4) is 0 Å². The quantitative estimate of drug-likeness (QED) is 0.857. The first-order valence-electron chi connectivity index (χ1n) is 7.57. The van der Waals surface area contributed by atoms with Crippen LogP contribution in [0.4, 0.5) is 0 Å². The number of hydrogen-bond acceptors (Lipinski definition) is 2. The predicted molar refractivity (Wildman–Crippen MR) is 83.5 cm³/mol. The summed E-state index contributed by atoms with van der Waals surface area (Å²) in [5.41, 5.74) is 1.40. The molecular formula is C17H17ClN2O. The molecule has 1 amide bonds. The lowest BCUT2D eigenvalue weighted by Crippen LogP contribution is -2.38. The van der Waals surface area contributed by atoms with Gasteiger partial charge in [-0.1, -0.05) is 36.2 Å². The number of rotatable bonds is 2. The number of pyridine rings is 1. The van der Waals surface area contributed by atoms with Crippen LogP contribution in [0.5, 0.6) is 0 Å². The number of hydrogen-bond donors (Lipinski definition) is 1. The van der Waals surface area contributed by atoms with Gasteiger partial charge in [0.15, 0.2) is 0 Å². The van der Waals surface area contributed by atoms with Crippen LogP contribution in [0.2, 0.25) is 5.15 Å². The summed E-state index contributed by atoms with van der Waals surface area (Å²) >= 11 is 6.06. The van der Waals surface area contributed by atoms with Crippen molar-refractivity contribution in [2.24, 2.45) is 11.8 Å². The van der Waals surface area contributed by atoms with Crippen molar-refractivity contribution < 1.29 is 4.79 Å². The zero-order chi connectivity index (χ0) is 14.4. The van der Waals surface area contributed by atoms with Gasteiger partial charge in [-0.15, -0.1) is 0 Å². The van der Waals surface area contributed by atoms with Gasteiger partial charge < -0.3 is 5.32 Å². The molecular weight excluding hydrogens is 284 g/mol. The van der Waals surface area contributed by atoms with Gasteiger partial charge in [0, 0.05) is 11.4 Å². The van der Waals surface area contributed by atoms with Gasteiger partial charge in [-0.05, 0) is 43.2 Å². The van der Waals surface area contributed by atoms with Gasteiger partial charge in [0.25, 0.3) is 5.91 Å². The van der Waals surface area contributed by atoms with E-state index in [-0.39, 0.29) is 5.91 Å². The van der Waals surface area contributed by atoms with E-state index >= 15 is 0 Å². The molecule has 2 aliphatic carbocycles. The van der Waals surface area contributed by atoms with Gasteiger partial charge in [-0.25, -0.2) is 4.98 Å². The summed E-state index contributed by atoms with van der Waals surface area (Å²) in [5, 5.41) is 4.45. The normalized spacial score (nSPS) is 27.2. The molecule has 1 heterocycles. The number of amides is 1. The number of carbonyl (C=O) groups excluding carboxylic acids is 1. The summed E-state index contributed by atoms with van der Waals surface area (Å²) in [6.07, 6.45) is 5.00. The molecule has 1 N–H and O–H groups in total. The van der Waals surface area contributed by atoms with Crippen molar-refractivity contribution in [2.75, 3.05) is 0 Å². The first-order valence-corrected chi connectivity index (χ1v) is 7.94. The Morgan fingerprint density at radius 1 is 1.24 bits per heavy atom. The van der Waals surface area contributed by atoms with Crippen LogP contribution in [-0.4, -0.2) is 16.9 Å². The maximum Gasteiger partial charge on any atom is 0.252 e. The van der Waals surface area contributed by atoms with E-state index in [0.717, 1.165) is 23.2 Å². The molecule has 1 aromatic heterocycles. The van der Waals surface area contributed by atoms with Crippen LogP contribution in [0.15, 0.2) is 30.3 Å². The maximum atomic E-state index is 12.6. The fourth-order valence-electron chi connectivity index (χ4n) is 4.00. The minimum Gasteiger partial charge on any atom is -0.349 e. The van der Waals surface area contributed by atoms with E-state index in [1.165, 1.54) is 19.3 Å². The zero-order valence-electron chi connectivity index (χ0n) is 11.7. The van der Waals surface area contributed by atoms with Crippen LogP contribution >= 0.6 is 11.6 Å². The lowest BCUT2D eigenvalue weighted by molar-refractivity contribution is 0.0924. The fourth-order valence-corrected chi connectivity index (χ4v) is 4.20. The number of aromatic nitrogens is 1. The third kappa shape index (κ3) is 2.30. The van der Waals surface area contributed by atoms with E-state index in [4.69, 9.17) is 11.6 Å². The van der Waals surface area contributed by atoms with Crippen molar-refractivity contribution in [3.63, 3.8) is 0 Å². The zero-order valence-corrected chi connectivity index (χ0v) is 12.4. The van der Waals surface area contributed by atoms with Gasteiger partial charge in [-0.2, -0.15) is 0 Å². The predicted octanol–water partition coefficient (Wildman–Crippen LogP) is 3.81. The monoisotopic (exact) mass is 300 g/mol. The number of halogens is 1. The first-order chi connectivity index (χ1) is 10.2. The van der Waals surface area contributed by atoms with E-state index in [9.17, 15) is 4.79 Å². The third-order valence-electron chi connectivity index (χ3n) is 4.98. The van der Waals surface area contributed by atoms with E-state index in [2.05, 4.69) is 10.3 Å². The molecule has 2 saturated carbocycles. The lowest BCUT2D eigenvalue weighted by Gasteiger charge is -2.23. The molecule has 21 heavy (non-hydrogen) atoms. The van der Waals surface area contributed by atoms with Gasteiger partial charge in [0.1, 0.15) is 5.15 Å². The summed E-state index contributed by atoms with van der Waals surface area (Å²) in [6.45, 7) is 0. The highest BCUT2D eigenvalue weighted by atomic mass is 35.5. The molecule has 2 aliphatic rings. The van der Waals surface area contributed by atoms with Crippen LogP contribution in [0.3, 0.4) is 0 Å². The Hall–Kier alpha value is -1.61. The Labute approximate surface area is 128 Å². The Balaban J connectivity index is 1.65. The molecule has 0 aliphatic heterocycles. The molecule has 1 aromatic carbocycles. The lowest BCUT2D eigenvalue weighted by atomic mass is 9.95. The smallest absolute Gasteiger partial charge is 0.252 e. The van der Waals surface area contributed by atoms with Gasteiger partial charge in [0.2, 0.25) is 0 Å². The molecule has 4 heteroatoms. The molecule has 3 unspecified atom stereocenters. The molecule has 3 nitrogen and oxygen atoms in total. The average molecular weight is 301 g/mol. The average Bonchev–Trinajstić information content (AvgIpc) is 3.08. The second kappa shape index (κ2) is 4.99. The third-order valence-corrected chi connectivity index (χ3v) is 5.18. The molecule has 108 valence electrons. The molecule has 0 saturated heterocycles. The minimum atomic E-state index is -0.0203. The van der Waals surface area contributed by atoms with E-state index in [0.29, 0.717) is 22.7 Å². The Morgan fingerprint density at radius 3 is 2.86 bits per heavy atom. The van der Waals surface area contributed by atoms with Gasteiger partial charge >= 0.3 is 0 Å². The van der Waals surface area contributed by atoms with Crippen LogP contribution in [0.1, 0.15) is 36.0 Å². The summed E-state index contributed by atoms with van der Waals surface area (Å²) < 4.78 is 0. The van der Waals surface area contributed by atoms with Crippen LogP contribution in [-0.2, 0) is 0 Å². The molecule has 2 aromatic rings. The van der Waals surface area contributed by atoms with Crippen LogP contribution in [0.25, 0.3) is 10.9 Å². The molecule has 2 bridgehead atoms. The van der Waals surface area contributed by atoms with Crippen molar-refractivity contribution in [1.29, 1.82) is 0 Å². The fraction of sp³-hybridized carbons (Fsp3) is 0.412. The van der Waals surface area contributed by atoms with Gasteiger partial charge in [0.05, 0.1) is 11.1 Å². The summed E-state index contributed by atoms with van der Waals surface area (Å²) in [7, 11) is 0. The molecule has 2 fully saturated rings. The Bertz CT molecular complexity index is 715. The molecule has 3 atom stereocenters. The number of para-hydroxylation sites is 1. The number of nitrogens with one attached hydrogen (secondary N) is 1. The Morgan fingerprint density at radius 2 is 2.10 bits per heavy atom. The van der Waals surface area contributed by atoms with E-state index in [1.54, 1.807) is 6.07 Å². The number of carbonyl (C=O) groups is 1. The summed E-state index contributed by atoms with van der Waals surface area (Å²) in [4.78, 5) is 16.9. The van der Waals surface area contributed by atoms with Crippen molar-refractivity contribution in [3.05, 3.63) is 41.0 Å². The van der Waals surface area contributed by atoms with E-state index < -0.39 is 0 Å².